The van der Waals surface area contributed by atoms with Crippen molar-refractivity contribution in [1.82, 2.24) is 5.16 Å². The van der Waals surface area contributed by atoms with Crippen LogP contribution in [0.4, 0.5) is 0 Å². The van der Waals surface area contributed by atoms with Gasteiger partial charge in [0, 0.05) is 18.5 Å². The van der Waals surface area contributed by atoms with Gasteiger partial charge >= 0.3 is 0 Å². The molecule has 60 valence electrons. The standard InChI is InChI=1S/C8H12N2O/c9-5-7(6-1-2-6)8-3-4-11-10-8/h3-4,6-7H,1-2,5,9H2. The molecule has 0 aromatic carbocycles. The third kappa shape index (κ3) is 1.28. The van der Waals surface area contributed by atoms with Crippen molar-refractivity contribution in [3.8, 4) is 0 Å². The molecule has 1 aromatic heterocycles. The van der Waals surface area contributed by atoms with E-state index in [-0.39, 0.29) is 0 Å². The summed E-state index contributed by atoms with van der Waals surface area (Å²) in [5.74, 6) is 1.21. The van der Waals surface area contributed by atoms with Crippen LogP contribution < -0.4 is 5.73 Å². The maximum atomic E-state index is 5.62. The molecule has 0 saturated heterocycles. The van der Waals surface area contributed by atoms with Crippen molar-refractivity contribution < 1.29 is 4.52 Å². The summed E-state index contributed by atoms with van der Waals surface area (Å²) in [6.07, 6.45) is 4.21. The molecule has 0 spiro atoms. The lowest BCUT2D eigenvalue weighted by Crippen LogP contribution is -2.14. The molecular weight excluding hydrogens is 140 g/mol. The van der Waals surface area contributed by atoms with Crippen LogP contribution in [0.15, 0.2) is 16.9 Å². The molecule has 1 heterocycles. The molecule has 0 bridgehead atoms. The predicted octanol–water partition coefficient (Wildman–Crippen LogP) is 1.13. The number of aromatic nitrogens is 1. The highest BCUT2D eigenvalue weighted by Crippen LogP contribution is 2.41. The fourth-order valence-electron chi connectivity index (χ4n) is 1.47. The van der Waals surface area contributed by atoms with Crippen LogP contribution in [0, 0.1) is 5.92 Å². The van der Waals surface area contributed by atoms with E-state index in [1.165, 1.54) is 12.8 Å². The van der Waals surface area contributed by atoms with Crippen LogP contribution in [0.25, 0.3) is 0 Å². The lowest BCUT2D eigenvalue weighted by molar-refractivity contribution is 0.400. The van der Waals surface area contributed by atoms with Gasteiger partial charge in [0.15, 0.2) is 0 Å². The minimum atomic E-state index is 0.439. The third-order valence-electron chi connectivity index (χ3n) is 2.28. The van der Waals surface area contributed by atoms with Gasteiger partial charge in [0.1, 0.15) is 6.26 Å². The first-order chi connectivity index (χ1) is 5.42. The van der Waals surface area contributed by atoms with Crippen LogP contribution in [0.3, 0.4) is 0 Å². The molecule has 1 unspecified atom stereocenters. The molecule has 1 atom stereocenters. The second kappa shape index (κ2) is 2.66. The lowest BCUT2D eigenvalue weighted by atomic mass is 10.0. The summed E-state index contributed by atoms with van der Waals surface area (Å²) in [5.41, 5.74) is 6.65. The number of rotatable bonds is 3. The molecule has 2 rings (SSSR count). The summed E-state index contributed by atoms with van der Waals surface area (Å²) in [6.45, 7) is 0.692. The fraction of sp³-hybridized carbons (Fsp3) is 0.625. The predicted molar refractivity (Wildman–Crippen MR) is 41.0 cm³/mol. The molecule has 1 saturated carbocycles. The second-order valence-electron chi connectivity index (χ2n) is 3.10. The molecule has 1 fully saturated rings. The van der Waals surface area contributed by atoms with E-state index in [0.29, 0.717) is 12.5 Å². The van der Waals surface area contributed by atoms with Gasteiger partial charge in [-0.3, -0.25) is 0 Å². The van der Waals surface area contributed by atoms with Crippen molar-refractivity contribution in [2.45, 2.75) is 18.8 Å². The number of nitrogens with zero attached hydrogens (tertiary/aromatic N) is 1. The Morgan fingerprint density at radius 3 is 3.00 bits per heavy atom. The minimum absolute atomic E-state index is 0.439. The number of hydrogen-bond acceptors (Lipinski definition) is 3. The number of nitrogens with two attached hydrogens (primary N) is 1. The van der Waals surface area contributed by atoms with Gasteiger partial charge in [-0.05, 0) is 18.8 Å². The molecule has 3 nitrogen and oxygen atoms in total. The summed E-state index contributed by atoms with van der Waals surface area (Å²) in [5, 5.41) is 3.89. The molecule has 3 heteroatoms. The zero-order valence-electron chi connectivity index (χ0n) is 6.36. The van der Waals surface area contributed by atoms with Crippen molar-refractivity contribution in [2.75, 3.05) is 6.54 Å². The lowest BCUT2D eigenvalue weighted by Gasteiger charge is -2.07. The topological polar surface area (TPSA) is 52.0 Å². The van der Waals surface area contributed by atoms with Gasteiger partial charge in [-0.25, -0.2) is 0 Å². The Morgan fingerprint density at radius 2 is 2.55 bits per heavy atom. The van der Waals surface area contributed by atoms with Crippen molar-refractivity contribution in [2.24, 2.45) is 11.7 Å². The summed E-state index contributed by atoms with van der Waals surface area (Å²) in [4.78, 5) is 0. The Kier molecular flexibility index (Phi) is 1.66. The highest BCUT2D eigenvalue weighted by Gasteiger charge is 2.32. The smallest absolute Gasteiger partial charge is 0.124 e. The van der Waals surface area contributed by atoms with Crippen LogP contribution in [0.1, 0.15) is 24.5 Å². The molecular formula is C8H12N2O. The Labute approximate surface area is 65.6 Å². The van der Waals surface area contributed by atoms with Gasteiger partial charge in [-0.1, -0.05) is 5.16 Å². The monoisotopic (exact) mass is 152 g/mol. The van der Waals surface area contributed by atoms with Gasteiger partial charge in [0.2, 0.25) is 0 Å². The maximum Gasteiger partial charge on any atom is 0.124 e. The van der Waals surface area contributed by atoms with E-state index in [2.05, 4.69) is 5.16 Å². The first-order valence-corrected chi connectivity index (χ1v) is 4.02. The molecule has 1 aliphatic rings. The van der Waals surface area contributed by atoms with E-state index >= 15 is 0 Å². The summed E-state index contributed by atoms with van der Waals surface area (Å²) >= 11 is 0. The summed E-state index contributed by atoms with van der Waals surface area (Å²) in [7, 11) is 0. The Morgan fingerprint density at radius 1 is 1.73 bits per heavy atom. The molecule has 0 aliphatic heterocycles. The molecule has 1 aromatic rings. The van der Waals surface area contributed by atoms with E-state index < -0.39 is 0 Å². The van der Waals surface area contributed by atoms with E-state index in [1.807, 2.05) is 6.07 Å². The van der Waals surface area contributed by atoms with Crippen LogP contribution >= 0.6 is 0 Å². The zero-order chi connectivity index (χ0) is 7.68. The molecule has 2 N–H and O–H groups in total. The van der Waals surface area contributed by atoms with Gasteiger partial charge < -0.3 is 10.3 Å². The Bertz CT molecular complexity index is 216. The van der Waals surface area contributed by atoms with Crippen LogP contribution in [-0.2, 0) is 0 Å². The van der Waals surface area contributed by atoms with Crippen LogP contribution in [-0.4, -0.2) is 11.7 Å². The van der Waals surface area contributed by atoms with Crippen molar-refractivity contribution in [1.29, 1.82) is 0 Å². The molecule has 0 radical (unpaired) electrons. The van der Waals surface area contributed by atoms with E-state index in [9.17, 15) is 0 Å². The van der Waals surface area contributed by atoms with Crippen molar-refractivity contribution in [3.05, 3.63) is 18.0 Å². The van der Waals surface area contributed by atoms with Gasteiger partial charge in [0.05, 0.1) is 5.69 Å². The largest absolute Gasteiger partial charge is 0.365 e. The average Bonchev–Trinajstić information content (AvgIpc) is 2.68. The highest BCUT2D eigenvalue weighted by atomic mass is 16.5. The third-order valence-corrected chi connectivity index (χ3v) is 2.28. The summed E-state index contributed by atoms with van der Waals surface area (Å²) < 4.78 is 4.77. The minimum Gasteiger partial charge on any atom is -0.365 e. The maximum absolute atomic E-state index is 5.62. The highest BCUT2D eigenvalue weighted by molar-refractivity contribution is 5.09. The van der Waals surface area contributed by atoms with Crippen molar-refractivity contribution in [3.63, 3.8) is 0 Å². The van der Waals surface area contributed by atoms with E-state index in [0.717, 1.165) is 11.6 Å². The van der Waals surface area contributed by atoms with Crippen molar-refractivity contribution >= 4 is 0 Å². The van der Waals surface area contributed by atoms with Crippen LogP contribution in [0.2, 0.25) is 0 Å². The van der Waals surface area contributed by atoms with Crippen LogP contribution in [0.5, 0.6) is 0 Å². The van der Waals surface area contributed by atoms with Gasteiger partial charge in [-0.15, -0.1) is 0 Å². The van der Waals surface area contributed by atoms with E-state index in [4.69, 9.17) is 10.3 Å². The number of hydrogen-bond donors (Lipinski definition) is 1. The zero-order valence-corrected chi connectivity index (χ0v) is 6.36. The fourth-order valence-corrected chi connectivity index (χ4v) is 1.47. The first-order valence-electron chi connectivity index (χ1n) is 4.02. The van der Waals surface area contributed by atoms with Gasteiger partial charge in [0.25, 0.3) is 0 Å². The van der Waals surface area contributed by atoms with Gasteiger partial charge in [-0.2, -0.15) is 0 Å². The second-order valence-corrected chi connectivity index (χ2v) is 3.10. The molecule has 1 aliphatic carbocycles. The normalized spacial score (nSPS) is 20.1. The molecule has 0 amide bonds. The first kappa shape index (κ1) is 6.85. The SMILES string of the molecule is NCC(c1ccon1)C1CC1. The average molecular weight is 152 g/mol. The summed E-state index contributed by atoms with van der Waals surface area (Å²) in [6, 6.07) is 1.91. The quantitative estimate of drug-likeness (QED) is 0.706. The Balaban J connectivity index is 2.11. The Hall–Kier alpha value is -0.830. The molecule has 11 heavy (non-hydrogen) atoms. The van der Waals surface area contributed by atoms with E-state index in [1.54, 1.807) is 6.26 Å².